The highest BCUT2D eigenvalue weighted by molar-refractivity contribution is 5.77. The number of rotatable bonds is 8. The fraction of sp³-hybridized carbons (Fsp3) is 0.207. The molecule has 0 fully saturated rings. The lowest BCUT2D eigenvalue weighted by molar-refractivity contribution is -0.131. The molecule has 7 heteroatoms. The Balaban J connectivity index is 1.20. The van der Waals surface area contributed by atoms with Gasteiger partial charge in [-0.3, -0.25) is 14.6 Å². The molecule has 0 atom stereocenters. The number of nitrogens with one attached hydrogen (secondary N) is 1. The summed E-state index contributed by atoms with van der Waals surface area (Å²) in [6.07, 6.45) is 0.979. The second-order valence-electron chi connectivity index (χ2n) is 8.89. The molecule has 1 N–H and O–H groups in total. The number of imidazole rings is 1. The molecule has 0 spiro atoms. The van der Waals surface area contributed by atoms with Gasteiger partial charge in [-0.2, -0.15) is 0 Å². The van der Waals surface area contributed by atoms with Crippen LogP contribution in [0.5, 0.6) is 5.75 Å². The summed E-state index contributed by atoms with van der Waals surface area (Å²) in [5, 5.41) is 0.387. The van der Waals surface area contributed by atoms with E-state index in [1.165, 1.54) is 0 Å². The lowest BCUT2D eigenvalue weighted by atomic mass is 9.97. The smallest absolute Gasteiger partial charge is 0.274 e. The van der Waals surface area contributed by atoms with Gasteiger partial charge in [-0.1, -0.05) is 67.2 Å². The van der Waals surface area contributed by atoms with E-state index in [4.69, 9.17) is 4.74 Å². The summed E-state index contributed by atoms with van der Waals surface area (Å²) in [5.74, 6) is 0.775. The molecule has 4 aromatic rings. The molecule has 1 aromatic heterocycles. The summed E-state index contributed by atoms with van der Waals surface area (Å²) in [6, 6.07) is 25.7. The van der Waals surface area contributed by atoms with Gasteiger partial charge in [0.25, 0.3) is 5.56 Å². The van der Waals surface area contributed by atoms with E-state index < -0.39 is 0 Å². The van der Waals surface area contributed by atoms with Crippen molar-refractivity contribution in [1.82, 2.24) is 14.5 Å². The average Bonchev–Trinajstić information content (AvgIpc) is 3.18. The lowest BCUT2D eigenvalue weighted by Gasteiger charge is -2.29. The van der Waals surface area contributed by atoms with Crippen molar-refractivity contribution in [3.8, 4) is 5.75 Å². The molecular weight excluding hydrogens is 452 g/mol. The third kappa shape index (κ3) is 4.73. The van der Waals surface area contributed by atoms with Crippen LogP contribution in [-0.4, -0.2) is 34.0 Å². The third-order valence-electron chi connectivity index (χ3n) is 6.49. The number of hydrogen-bond acceptors (Lipinski definition) is 4. The first kappa shape index (κ1) is 23.4. The third-order valence-corrected chi connectivity index (χ3v) is 6.49. The number of amides is 1. The molecule has 2 heterocycles. The molecule has 1 aliphatic rings. The zero-order chi connectivity index (χ0) is 25.1. The molecule has 7 nitrogen and oxygen atoms in total. The SMILES string of the molecule is C=c1c(=O)[nH]c2n1Cc1cc(OCCCC(=O)N(C)C(c3ccccc3)c3ccccc3)ccc1N=2. The van der Waals surface area contributed by atoms with Crippen LogP contribution in [0.15, 0.2) is 88.6 Å². The molecule has 0 bridgehead atoms. The first-order chi connectivity index (χ1) is 17.5. The maximum atomic E-state index is 13.1. The van der Waals surface area contributed by atoms with Gasteiger partial charge < -0.3 is 14.2 Å². The minimum Gasteiger partial charge on any atom is -0.494 e. The van der Waals surface area contributed by atoms with E-state index in [0.29, 0.717) is 42.7 Å². The van der Waals surface area contributed by atoms with Crippen LogP contribution in [0.3, 0.4) is 0 Å². The number of carbonyl (C=O) groups excluding carboxylic acids is 1. The summed E-state index contributed by atoms with van der Waals surface area (Å²) in [6.45, 7) is 4.75. The summed E-state index contributed by atoms with van der Waals surface area (Å²) >= 11 is 0. The van der Waals surface area contributed by atoms with E-state index >= 15 is 0 Å². The van der Waals surface area contributed by atoms with Crippen LogP contribution >= 0.6 is 0 Å². The van der Waals surface area contributed by atoms with Gasteiger partial charge in [-0.05, 0) is 35.7 Å². The Labute approximate surface area is 209 Å². The molecular formula is C29H28N4O3. The molecule has 182 valence electrons. The number of H-pyrrole nitrogens is 1. The highest BCUT2D eigenvalue weighted by atomic mass is 16.5. The Morgan fingerprint density at radius 1 is 1.08 bits per heavy atom. The summed E-state index contributed by atoms with van der Waals surface area (Å²) in [7, 11) is 1.86. The van der Waals surface area contributed by atoms with Crippen molar-refractivity contribution in [3.63, 3.8) is 0 Å². The van der Waals surface area contributed by atoms with Gasteiger partial charge in [-0.25, -0.2) is 4.99 Å². The molecule has 3 aromatic carbocycles. The number of ether oxygens (including phenoxy) is 1. The summed E-state index contributed by atoms with van der Waals surface area (Å²) < 4.78 is 7.71. The molecule has 0 aliphatic carbocycles. The van der Waals surface area contributed by atoms with E-state index in [9.17, 15) is 9.59 Å². The number of aromatic nitrogens is 2. The predicted octanol–water partition coefficient (Wildman–Crippen LogP) is 3.31. The maximum absolute atomic E-state index is 13.1. The monoisotopic (exact) mass is 480 g/mol. The minimum absolute atomic E-state index is 0.0633. The highest BCUT2D eigenvalue weighted by Crippen LogP contribution is 2.29. The Hall–Kier alpha value is -4.39. The van der Waals surface area contributed by atoms with Crippen LogP contribution < -0.4 is 21.3 Å². The van der Waals surface area contributed by atoms with E-state index in [-0.39, 0.29) is 17.5 Å². The molecule has 0 saturated heterocycles. The zero-order valence-corrected chi connectivity index (χ0v) is 20.2. The number of benzene rings is 3. The van der Waals surface area contributed by atoms with Crippen LogP contribution in [0, 0.1) is 0 Å². The van der Waals surface area contributed by atoms with Crippen molar-refractivity contribution in [2.45, 2.75) is 25.4 Å². The summed E-state index contributed by atoms with van der Waals surface area (Å²) in [4.78, 5) is 34.0. The van der Waals surface area contributed by atoms with E-state index in [2.05, 4.69) is 40.8 Å². The Morgan fingerprint density at radius 3 is 2.42 bits per heavy atom. The Morgan fingerprint density at radius 2 is 1.75 bits per heavy atom. The minimum atomic E-state index is -0.227. The fourth-order valence-corrected chi connectivity index (χ4v) is 4.57. The van der Waals surface area contributed by atoms with Crippen molar-refractivity contribution in [3.05, 3.63) is 117 Å². The number of aromatic amines is 1. The van der Waals surface area contributed by atoms with Gasteiger partial charge in [0, 0.05) is 19.0 Å². The molecule has 1 aliphatic heterocycles. The zero-order valence-electron chi connectivity index (χ0n) is 20.2. The normalized spacial score (nSPS) is 11.9. The molecule has 5 rings (SSSR count). The van der Waals surface area contributed by atoms with E-state index in [0.717, 1.165) is 22.4 Å². The number of carbonyl (C=O) groups is 1. The van der Waals surface area contributed by atoms with Crippen LogP contribution in [0.25, 0.3) is 6.58 Å². The lowest BCUT2D eigenvalue weighted by Crippen LogP contribution is -2.32. The quantitative estimate of drug-likeness (QED) is 0.346. The second kappa shape index (κ2) is 10.1. The van der Waals surface area contributed by atoms with Crippen molar-refractivity contribution >= 4 is 18.2 Å². The Kier molecular flexibility index (Phi) is 6.54. The first-order valence-electron chi connectivity index (χ1n) is 12.0. The molecule has 0 unspecified atom stereocenters. The topological polar surface area (TPSA) is 79.7 Å². The second-order valence-corrected chi connectivity index (χ2v) is 8.89. The van der Waals surface area contributed by atoms with Crippen molar-refractivity contribution in [1.29, 1.82) is 0 Å². The van der Waals surface area contributed by atoms with Gasteiger partial charge in [0.2, 0.25) is 11.5 Å². The Bertz CT molecular complexity index is 1500. The van der Waals surface area contributed by atoms with Crippen molar-refractivity contribution in [2.75, 3.05) is 13.7 Å². The highest BCUT2D eigenvalue weighted by Gasteiger charge is 2.23. The van der Waals surface area contributed by atoms with Gasteiger partial charge >= 0.3 is 0 Å². The number of fused-ring (bicyclic) bond motifs is 2. The molecule has 1 amide bonds. The van der Waals surface area contributed by atoms with Crippen LogP contribution in [-0.2, 0) is 11.3 Å². The number of hydrogen-bond donors (Lipinski definition) is 1. The van der Waals surface area contributed by atoms with Crippen molar-refractivity contribution < 1.29 is 9.53 Å². The van der Waals surface area contributed by atoms with Gasteiger partial charge in [0.05, 0.1) is 24.9 Å². The predicted molar refractivity (Wildman–Crippen MR) is 139 cm³/mol. The first-order valence-corrected chi connectivity index (χ1v) is 12.0. The van der Waals surface area contributed by atoms with E-state index in [1.807, 2.05) is 66.5 Å². The van der Waals surface area contributed by atoms with Crippen LogP contribution in [0.1, 0.15) is 35.6 Å². The number of nitrogens with zero attached hydrogens (tertiary/aromatic N) is 3. The molecule has 0 saturated carbocycles. The summed E-state index contributed by atoms with van der Waals surface area (Å²) in [5.41, 5.74) is 4.20. The standard InChI is InChI=1S/C29H28N4O3/c1-20-28(35)31-29-30-25-16-15-24(18-23(25)19-33(20)29)36-17-9-14-26(34)32(2)27(21-10-5-3-6-11-21)22-12-7-4-8-13-22/h3-8,10-13,15-16,18,27H,1,9,14,17,19H2,2H3,(H,30,31,35). The molecule has 36 heavy (non-hydrogen) atoms. The molecule has 0 radical (unpaired) electrons. The van der Waals surface area contributed by atoms with Crippen molar-refractivity contribution in [2.24, 2.45) is 4.99 Å². The van der Waals surface area contributed by atoms with Gasteiger partial charge in [0.15, 0.2) is 0 Å². The van der Waals surface area contributed by atoms with Crippen LogP contribution in [0.4, 0.5) is 5.69 Å². The fourth-order valence-electron chi connectivity index (χ4n) is 4.57. The average molecular weight is 481 g/mol. The largest absolute Gasteiger partial charge is 0.494 e. The van der Waals surface area contributed by atoms with Crippen LogP contribution in [0.2, 0.25) is 0 Å². The van der Waals surface area contributed by atoms with E-state index in [1.54, 1.807) is 4.57 Å². The maximum Gasteiger partial charge on any atom is 0.274 e. The van der Waals surface area contributed by atoms with Gasteiger partial charge in [0.1, 0.15) is 11.1 Å². The van der Waals surface area contributed by atoms with Gasteiger partial charge in [-0.15, -0.1) is 0 Å².